The van der Waals surface area contributed by atoms with Crippen LogP contribution in [0.3, 0.4) is 0 Å². The van der Waals surface area contributed by atoms with E-state index in [0.29, 0.717) is 5.56 Å². The highest BCUT2D eigenvalue weighted by Gasteiger charge is 2.25. The lowest BCUT2D eigenvalue weighted by atomic mass is 9.84. The predicted octanol–water partition coefficient (Wildman–Crippen LogP) is 2.27. The van der Waals surface area contributed by atoms with Gasteiger partial charge in [-0.25, -0.2) is 0 Å². The summed E-state index contributed by atoms with van der Waals surface area (Å²) in [6.07, 6.45) is 5.20. The summed E-state index contributed by atoms with van der Waals surface area (Å²) in [7, 11) is 0. The molecule has 0 aromatic carbocycles. The van der Waals surface area contributed by atoms with E-state index >= 15 is 0 Å². The summed E-state index contributed by atoms with van der Waals surface area (Å²) in [4.78, 5) is 27.4. The van der Waals surface area contributed by atoms with Crippen molar-refractivity contribution >= 4 is 11.7 Å². The summed E-state index contributed by atoms with van der Waals surface area (Å²) >= 11 is 0. The molecule has 0 bridgehead atoms. The van der Waals surface area contributed by atoms with Gasteiger partial charge in [0.25, 0.3) is 5.91 Å². The molecule has 4 heteroatoms. The summed E-state index contributed by atoms with van der Waals surface area (Å²) in [6, 6.07) is 3.71. The van der Waals surface area contributed by atoms with Gasteiger partial charge >= 0.3 is 0 Å². The lowest BCUT2D eigenvalue weighted by Gasteiger charge is -2.27. The number of carbonyl (C=O) groups excluding carboxylic acids is 2. The number of ketones is 1. The summed E-state index contributed by atoms with van der Waals surface area (Å²) < 4.78 is 0. The van der Waals surface area contributed by atoms with Crippen LogP contribution in [0.1, 0.15) is 48.7 Å². The summed E-state index contributed by atoms with van der Waals surface area (Å²) in [5, 5.41) is 3.04. The number of nitrogens with zero attached hydrogens (tertiary/aromatic N) is 1. The predicted molar refractivity (Wildman–Crippen MR) is 72.9 cm³/mol. The number of carbonyl (C=O) groups is 2. The van der Waals surface area contributed by atoms with Crippen LogP contribution in [0.2, 0.25) is 0 Å². The molecule has 102 valence electrons. The Morgan fingerprint density at radius 2 is 1.95 bits per heavy atom. The van der Waals surface area contributed by atoms with Gasteiger partial charge in [0.05, 0.1) is 0 Å². The molecule has 0 radical (unpaired) electrons. The van der Waals surface area contributed by atoms with Gasteiger partial charge in [0.15, 0.2) is 0 Å². The quantitative estimate of drug-likeness (QED) is 0.907. The van der Waals surface area contributed by atoms with E-state index in [-0.39, 0.29) is 23.7 Å². The van der Waals surface area contributed by atoms with Crippen LogP contribution in [0.4, 0.5) is 0 Å². The van der Waals surface area contributed by atoms with Gasteiger partial charge in [-0.3, -0.25) is 14.6 Å². The molecule has 19 heavy (non-hydrogen) atoms. The van der Waals surface area contributed by atoms with Crippen LogP contribution in [-0.2, 0) is 4.79 Å². The highest BCUT2D eigenvalue weighted by atomic mass is 16.1. The maximum atomic E-state index is 12.1. The first-order chi connectivity index (χ1) is 9.06. The van der Waals surface area contributed by atoms with Gasteiger partial charge in [-0.15, -0.1) is 0 Å². The third-order valence-electron chi connectivity index (χ3n) is 3.80. The first-order valence-electron chi connectivity index (χ1n) is 6.80. The minimum Gasteiger partial charge on any atom is -0.349 e. The van der Waals surface area contributed by atoms with Crippen molar-refractivity contribution in [3.05, 3.63) is 29.6 Å². The fourth-order valence-electron chi connectivity index (χ4n) is 2.60. The molecule has 1 aromatic heterocycles. The average Bonchev–Trinajstić information content (AvgIpc) is 2.39. The molecule has 1 aliphatic carbocycles. The SMILES string of the molecule is Cc1cc(C(=O)N[C@H]2CC[C@H](C(C)=O)CC2)ccn1. The van der Waals surface area contributed by atoms with Crippen molar-refractivity contribution in [1.29, 1.82) is 0 Å². The molecular formula is C15H20N2O2. The van der Waals surface area contributed by atoms with Crippen molar-refractivity contribution < 1.29 is 9.59 Å². The van der Waals surface area contributed by atoms with Crippen LogP contribution >= 0.6 is 0 Å². The Morgan fingerprint density at radius 3 is 2.53 bits per heavy atom. The first-order valence-corrected chi connectivity index (χ1v) is 6.80. The van der Waals surface area contributed by atoms with Crippen molar-refractivity contribution in [2.24, 2.45) is 5.92 Å². The highest BCUT2D eigenvalue weighted by Crippen LogP contribution is 2.25. The number of pyridine rings is 1. The molecule has 2 rings (SSSR count). The molecular weight excluding hydrogens is 240 g/mol. The second-order valence-corrected chi connectivity index (χ2v) is 5.32. The van der Waals surface area contributed by atoms with Crippen molar-refractivity contribution in [3.8, 4) is 0 Å². The zero-order valence-corrected chi connectivity index (χ0v) is 11.5. The molecule has 1 saturated carbocycles. The topological polar surface area (TPSA) is 59.1 Å². The van der Waals surface area contributed by atoms with E-state index in [1.165, 1.54) is 0 Å². The van der Waals surface area contributed by atoms with E-state index in [4.69, 9.17) is 0 Å². The number of amides is 1. The fourth-order valence-corrected chi connectivity index (χ4v) is 2.60. The number of aromatic nitrogens is 1. The zero-order valence-electron chi connectivity index (χ0n) is 11.5. The monoisotopic (exact) mass is 260 g/mol. The number of rotatable bonds is 3. The lowest BCUT2D eigenvalue weighted by Crippen LogP contribution is -2.38. The van der Waals surface area contributed by atoms with Gasteiger partial charge in [-0.1, -0.05) is 0 Å². The largest absolute Gasteiger partial charge is 0.349 e. The molecule has 4 nitrogen and oxygen atoms in total. The van der Waals surface area contributed by atoms with Crippen LogP contribution in [0.15, 0.2) is 18.3 Å². The van der Waals surface area contributed by atoms with Crippen molar-refractivity contribution in [3.63, 3.8) is 0 Å². The second-order valence-electron chi connectivity index (χ2n) is 5.32. The second kappa shape index (κ2) is 5.95. The first kappa shape index (κ1) is 13.7. The van der Waals surface area contributed by atoms with Crippen LogP contribution in [0, 0.1) is 12.8 Å². The van der Waals surface area contributed by atoms with Crippen molar-refractivity contribution in [2.75, 3.05) is 0 Å². The Kier molecular flexibility index (Phi) is 4.30. The molecule has 0 aliphatic heterocycles. The van der Waals surface area contributed by atoms with E-state index in [0.717, 1.165) is 31.4 Å². The van der Waals surface area contributed by atoms with Gasteiger partial charge in [0, 0.05) is 29.4 Å². The number of Topliss-reactive ketones (excluding diaryl/α,β-unsaturated/α-hetero) is 1. The Labute approximate surface area is 113 Å². The number of nitrogens with one attached hydrogen (secondary N) is 1. The molecule has 1 fully saturated rings. The average molecular weight is 260 g/mol. The molecule has 1 amide bonds. The highest BCUT2D eigenvalue weighted by molar-refractivity contribution is 5.94. The molecule has 1 aliphatic rings. The summed E-state index contributed by atoms with van der Waals surface area (Å²) in [5.41, 5.74) is 1.49. The van der Waals surface area contributed by atoms with Gasteiger partial charge in [0.1, 0.15) is 5.78 Å². The summed E-state index contributed by atoms with van der Waals surface area (Å²) in [5.74, 6) is 0.419. The minimum atomic E-state index is -0.0447. The molecule has 1 aromatic rings. The molecule has 0 spiro atoms. The van der Waals surface area contributed by atoms with Crippen LogP contribution in [0.5, 0.6) is 0 Å². The maximum Gasteiger partial charge on any atom is 0.251 e. The standard InChI is InChI=1S/C15H20N2O2/c1-10-9-13(7-8-16-10)15(19)17-14-5-3-12(4-6-14)11(2)18/h7-9,12,14H,3-6H2,1-2H3,(H,17,19)/t12-,14-. The Bertz CT molecular complexity index is 477. The third-order valence-corrected chi connectivity index (χ3v) is 3.80. The lowest BCUT2D eigenvalue weighted by molar-refractivity contribution is -0.121. The molecule has 0 unspecified atom stereocenters. The number of hydrogen-bond acceptors (Lipinski definition) is 3. The number of hydrogen-bond donors (Lipinski definition) is 1. The Balaban J connectivity index is 1.89. The Hall–Kier alpha value is -1.71. The molecule has 0 saturated heterocycles. The minimum absolute atomic E-state index is 0.0447. The normalized spacial score (nSPS) is 22.8. The van der Waals surface area contributed by atoms with Crippen molar-refractivity contribution in [1.82, 2.24) is 10.3 Å². The van der Waals surface area contributed by atoms with Crippen molar-refractivity contribution in [2.45, 2.75) is 45.6 Å². The molecule has 1 heterocycles. The van der Waals surface area contributed by atoms with E-state index < -0.39 is 0 Å². The van der Waals surface area contributed by atoms with Crippen LogP contribution < -0.4 is 5.32 Å². The van der Waals surface area contributed by atoms with Gasteiger partial charge in [-0.2, -0.15) is 0 Å². The maximum absolute atomic E-state index is 12.1. The fraction of sp³-hybridized carbons (Fsp3) is 0.533. The smallest absolute Gasteiger partial charge is 0.251 e. The van der Waals surface area contributed by atoms with E-state index in [1.807, 2.05) is 6.92 Å². The third kappa shape index (κ3) is 3.63. The molecule has 1 N–H and O–H groups in total. The Morgan fingerprint density at radius 1 is 1.26 bits per heavy atom. The van der Waals surface area contributed by atoms with E-state index in [9.17, 15) is 9.59 Å². The van der Waals surface area contributed by atoms with Crippen LogP contribution in [0.25, 0.3) is 0 Å². The van der Waals surface area contributed by atoms with Gasteiger partial charge < -0.3 is 5.32 Å². The number of aryl methyl sites for hydroxylation is 1. The summed E-state index contributed by atoms with van der Waals surface area (Å²) in [6.45, 7) is 3.53. The van der Waals surface area contributed by atoms with E-state index in [1.54, 1.807) is 25.3 Å². The van der Waals surface area contributed by atoms with Crippen LogP contribution in [-0.4, -0.2) is 22.7 Å². The van der Waals surface area contributed by atoms with Gasteiger partial charge in [0.2, 0.25) is 0 Å². The molecule has 0 atom stereocenters. The van der Waals surface area contributed by atoms with E-state index in [2.05, 4.69) is 10.3 Å². The zero-order chi connectivity index (χ0) is 13.8. The van der Waals surface area contributed by atoms with Gasteiger partial charge in [-0.05, 0) is 51.7 Å².